The Hall–Kier alpha value is -2.99. The summed E-state index contributed by atoms with van der Waals surface area (Å²) in [6.07, 6.45) is 1.61. The van der Waals surface area contributed by atoms with Gasteiger partial charge in [0.15, 0.2) is 0 Å². The van der Waals surface area contributed by atoms with Gasteiger partial charge in [-0.05, 0) is 29.8 Å². The fourth-order valence-electron chi connectivity index (χ4n) is 2.73. The fraction of sp³-hybridized carbons (Fsp3) is 0.0588. The summed E-state index contributed by atoms with van der Waals surface area (Å²) in [4.78, 5) is 12.0. The molecule has 5 N–H and O–H groups in total. The second kappa shape index (κ2) is 5.03. The standard InChI is InChI=1S/C17H14FN5/c18-11-2-1-3-13-15(11)16(20)10(8-21-13)17-22-12-5-4-9(7-19)6-14(12)23-17/h1-6,8H,7,19H2,(H2,20,21)(H,22,23). The van der Waals surface area contributed by atoms with Crippen molar-refractivity contribution in [1.82, 2.24) is 15.0 Å². The summed E-state index contributed by atoms with van der Waals surface area (Å²) in [5.41, 5.74) is 15.9. The minimum Gasteiger partial charge on any atom is -0.397 e. The highest BCUT2D eigenvalue weighted by atomic mass is 19.1. The maximum absolute atomic E-state index is 14.1. The maximum Gasteiger partial charge on any atom is 0.142 e. The molecule has 0 atom stereocenters. The number of H-pyrrole nitrogens is 1. The van der Waals surface area contributed by atoms with Gasteiger partial charge in [0.2, 0.25) is 0 Å². The second-order valence-corrected chi connectivity index (χ2v) is 5.36. The number of benzene rings is 2. The first-order chi connectivity index (χ1) is 11.2. The summed E-state index contributed by atoms with van der Waals surface area (Å²) in [6, 6.07) is 10.5. The number of pyridine rings is 1. The molecule has 0 aliphatic carbocycles. The number of anilines is 1. The molecule has 4 rings (SSSR count). The van der Waals surface area contributed by atoms with Crippen LogP contribution in [0.15, 0.2) is 42.6 Å². The van der Waals surface area contributed by atoms with E-state index in [1.165, 1.54) is 6.07 Å². The van der Waals surface area contributed by atoms with E-state index >= 15 is 0 Å². The van der Waals surface area contributed by atoms with Gasteiger partial charge in [0.25, 0.3) is 0 Å². The van der Waals surface area contributed by atoms with Crippen LogP contribution in [0.4, 0.5) is 10.1 Å². The average molecular weight is 307 g/mol. The zero-order valence-corrected chi connectivity index (χ0v) is 12.2. The smallest absolute Gasteiger partial charge is 0.142 e. The predicted octanol–water partition coefficient (Wildman–Crippen LogP) is 2.96. The van der Waals surface area contributed by atoms with Gasteiger partial charge in [-0.3, -0.25) is 4.98 Å². The number of nitrogens with one attached hydrogen (secondary N) is 1. The van der Waals surface area contributed by atoms with Crippen molar-refractivity contribution >= 4 is 27.6 Å². The number of nitrogens with zero attached hydrogens (tertiary/aromatic N) is 2. The number of halogens is 1. The van der Waals surface area contributed by atoms with Crippen molar-refractivity contribution in [2.75, 3.05) is 5.73 Å². The number of hydrogen-bond donors (Lipinski definition) is 3. The fourth-order valence-corrected chi connectivity index (χ4v) is 2.73. The van der Waals surface area contributed by atoms with E-state index in [9.17, 15) is 4.39 Å². The van der Waals surface area contributed by atoms with Crippen LogP contribution in [0, 0.1) is 5.82 Å². The Labute approximate surface area is 131 Å². The normalized spacial score (nSPS) is 11.4. The van der Waals surface area contributed by atoms with Crippen LogP contribution in [0.2, 0.25) is 0 Å². The molecule has 6 heteroatoms. The van der Waals surface area contributed by atoms with E-state index in [2.05, 4.69) is 15.0 Å². The molecule has 2 aromatic heterocycles. The van der Waals surface area contributed by atoms with E-state index in [1.807, 2.05) is 18.2 Å². The van der Waals surface area contributed by atoms with Crippen LogP contribution in [0.5, 0.6) is 0 Å². The highest BCUT2D eigenvalue weighted by Gasteiger charge is 2.14. The zero-order chi connectivity index (χ0) is 16.0. The second-order valence-electron chi connectivity index (χ2n) is 5.36. The molecule has 114 valence electrons. The molecular weight excluding hydrogens is 293 g/mol. The molecule has 0 aliphatic heterocycles. The van der Waals surface area contributed by atoms with Crippen LogP contribution in [0.3, 0.4) is 0 Å². The molecule has 4 aromatic rings. The molecule has 0 bridgehead atoms. The van der Waals surface area contributed by atoms with Crippen molar-refractivity contribution in [3.8, 4) is 11.4 Å². The molecule has 0 unspecified atom stereocenters. The summed E-state index contributed by atoms with van der Waals surface area (Å²) >= 11 is 0. The lowest BCUT2D eigenvalue weighted by Crippen LogP contribution is -1.97. The van der Waals surface area contributed by atoms with Crippen molar-refractivity contribution < 1.29 is 4.39 Å². The van der Waals surface area contributed by atoms with Crippen molar-refractivity contribution in [3.05, 3.63) is 54.0 Å². The van der Waals surface area contributed by atoms with Crippen LogP contribution in [-0.2, 0) is 6.54 Å². The third-order valence-electron chi connectivity index (χ3n) is 3.92. The van der Waals surface area contributed by atoms with Crippen LogP contribution in [-0.4, -0.2) is 15.0 Å². The van der Waals surface area contributed by atoms with Gasteiger partial charge in [-0.15, -0.1) is 0 Å². The molecule has 0 amide bonds. The van der Waals surface area contributed by atoms with Gasteiger partial charge < -0.3 is 16.5 Å². The minimum atomic E-state index is -0.393. The first-order valence-corrected chi connectivity index (χ1v) is 7.19. The van der Waals surface area contributed by atoms with Gasteiger partial charge >= 0.3 is 0 Å². The van der Waals surface area contributed by atoms with Gasteiger partial charge in [0.1, 0.15) is 11.6 Å². The molecule has 0 saturated heterocycles. The van der Waals surface area contributed by atoms with Crippen molar-refractivity contribution in [2.24, 2.45) is 5.73 Å². The number of rotatable bonds is 2. The lowest BCUT2D eigenvalue weighted by molar-refractivity contribution is 0.640. The van der Waals surface area contributed by atoms with E-state index in [0.717, 1.165) is 16.6 Å². The van der Waals surface area contributed by atoms with Gasteiger partial charge in [0, 0.05) is 12.7 Å². The van der Waals surface area contributed by atoms with Crippen molar-refractivity contribution in [2.45, 2.75) is 6.54 Å². The largest absolute Gasteiger partial charge is 0.397 e. The molecule has 0 aliphatic rings. The highest BCUT2D eigenvalue weighted by Crippen LogP contribution is 2.32. The van der Waals surface area contributed by atoms with Crippen LogP contribution >= 0.6 is 0 Å². The maximum atomic E-state index is 14.1. The Morgan fingerprint density at radius 1 is 1.13 bits per heavy atom. The van der Waals surface area contributed by atoms with Gasteiger partial charge in [-0.2, -0.15) is 0 Å². The highest BCUT2D eigenvalue weighted by molar-refractivity contribution is 5.98. The Bertz CT molecular complexity index is 1040. The summed E-state index contributed by atoms with van der Waals surface area (Å²) < 4.78 is 14.1. The molecule has 0 saturated carbocycles. The molecule has 0 radical (unpaired) electrons. The Balaban J connectivity index is 1.95. The van der Waals surface area contributed by atoms with E-state index < -0.39 is 5.82 Å². The van der Waals surface area contributed by atoms with Crippen molar-refractivity contribution in [3.63, 3.8) is 0 Å². The Morgan fingerprint density at radius 2 is 2.00 bits per heavy atom. The molecule has 2 aromatic carbocycles. The van der Waals surface area contributed by atoms with E-state index in [0.29, 0.717) is 34.5 Å². The summed E-state index contributed by atoms with van der Waals surface area (Å²) in [5, 5.41) is 0.313. The van der Waals surface area contributed by atoms with E-state index in [4.69, 9.17) is 11.5 Å². The molecule has 2 heterocycles. The lowest BCUT2D eigenvalue weighted by Gasteiger charge is -2.07. The zero-order valence-electron chi connectivity index (χ0n) is 12.2. The Kier molecular flexibility index (Phi) is 2.99. The number of hydrogen-bond acceptors (Lipinski definition) is 4. The Morgan fingerprint density at radius 3 is 2.83 bits per heavy atom. The number of fused-ring (bicyclic) bond motifs is 2. The molecule has 5 nitrogen and oxygen atoms in total. The van der Waals surface area contributed by atoms with Crippen LogP contribution < -0.4 is 11.5 Å². The average Bonchev–Trinajstić information content (AvgIpc) is 2.97. The monoisotopic (exact) mass is 307 g/mol. The summed E-state index contributed by atoms with van der Waals surface area (Å²) in [5.74, 6) is 0.167. The third-order valence-corrected chi connectivity index (χ3v) is 3.92. The quantitative estimate of drug-likeness (QED) is 0.530. The number of aromatic amines is 1. The van der Waals surface area contributed by atoms with Gasteiger partial charge in [-0.1, -0.05) is 12.1 Å². The minimum absolute atomic E-state index is 0.313. The number of nitrogen functional groups attached to an aromatic ring is 1. The van der Waals surface area contributed by atoms with Gasteiger partial charge in [-0.25, -0.2) is 9.37 Å². The molecule has 0 spiro atoms. The predicted molar refractivity (Wildman–Crippen MR) is 89.1 cm³/mol. The third kappa shape index (κ3) is 2.11. The first-order valence-electron chi connectivity index (χ1n) is 7.19. The molecule has 0 fully saturated rings. The first kappa shape index (κ1) is 13.7. The topological polar surface area (TPSA) is 93.6 Å². The number of nitrogens with two attached hydrogens (primary N) is 2. The van der Waals surface area contributed by atoms with E-state index in [1.54, 1.807) is 18.3 Å². The molecule has 23 heavy (non-hydrogen) atoms. The SMILES string of the molecule is NCc1ccc2nc(-c3cnc4cccc(F)c4c3N)[nH]c2c1. The lowest BCUT2D eigenvalue weighted by atomic mass is 10.1. The summed E-state index contributed by atoms with van der Waals surface area (Å²) in [6.45, 7) is 0.454. The van der Waals surface area contributed by atoms with Gasteiger partial charge in [0.05, 0.1) is 33.2 Å². The van der Waals surface area contributed by atoms with E-state index in [-0.39, 0.29) is 0 Å². The van der Waals surface area contributed by atoms with Crippen LogP contribution in [0.1, 0.15) is 5.56 Å². The van der Waals surface area contributed by atoms with Crippen LogP contribution in [0.25, 0.3) is 33.3 Å². The number of aromatic nitrogens is 3. The summed E-state index contributed by atoms with van der Waals surface area (Å²) in [7, 11) is 0. The van der Waals surface area contributed by atoms with Crippen molar-refractivity contribution in [1.29, 1.82) is 0 Å². The number of imidazole rings is 1. The molecular formula is C17H14FN5.